The molecular formula is C16H17NO4. The first-order valence-corrected chi connectivity index (χ1v) is 7.45. The van der Waals surface area contributed by atoms with Crippen molar-refractivity contribution in [2.75, 3.05) is 13.3 Å². The van der Waals surface area contributed by atoms with E-state index in [-0.39, 0.29) is 12.8 Å². The van der Waals surface area contributed by atoms with Gasteiger partial charge >= 0.3 is 0 Å². The van der Waals surface area contributed by atoms with Crippen LogP contribution in [0.2, 0.25) is 0 Å². The Morgan fingerprint density at radius 1 is 1.19 bits per heavy atom. The number of benzene rings is 1. The molecule has 1 saturated heterocycles. The lowest BCUT2D eigenvalue weighted by atomic mass is 9.82. The van der Waals surface area contributed by atoms with Gasteiger partial charge in [-0.1, -0.05) is 12.1 Å². The van der Waals surface area contributed by atoms with Crippen LogP contribution in [0.1, 0.15) is 23.5 Å². The topological polar surface area (TPSA) is 62.2 Å². The Kier molecular flexibility index (Phi) is 2.29. The average molecular weight is 287 g/mol. The van der Waals surface area contributed by atoms with Crippen molar-refractivity contribution in [3.63, 3.8) is 0 Å². The van der Waals surface area contributed by atoms with Crippen LogP contribution in [0.4, 0.5) is 0 Å². The lowest BCUT2D eigenvalue weighted by molar-refractivity contribution is -0.0249. The number of aliphatic hydroxyl groups excluding tert-OH is 2. The maximum Gasteiger partial charge on any atom is 0.231 e. The summed E-state index contributed by atoms with van der Waals surface area (Å²) in [5, 5.41) is 20.3. The summed E-state index contributed by atoms with van der Waals surface area (Å²) in [6.07, 6.45) is 1.30. The second-order valence-corrected chi connectivity index (χ2v) is 6.29. The van der Waals surface area contributed by atoms with Crippen LogP contribution in [0.3, 0.4) is 0 Å². The van der Waals surface area contributed by atoms with E-state index in [0.29, 0.717) is 12.3 Å². The molecule has 110 valence electrons. The zero-order valence-corrected chi connectivity index (χ0v) is 11.5. The van der Waals surface area contributed by atoms with Crippen molar-refractivity contribution in [1.29, 1.82) is 0 Å². The summed E-state index contributed by atoms with van der Waals surface area (Å²) in [6.45, 7) is 1.93. The third-order valence-corrected chi connectivity index (χ3v) is 5.28. The molecular weight excluding hydrogens is 270 g/mol. The number of hydrogen-bond donors (Lipinski definition) is 2. The van der Waals surface area contributed by atoms with Crippen molar-refractivity contribution in [3.05, 3.63) is 34.9 Å². The number of aliphatic hydroxyl groups is 2. The first-order chi connectivity index (χ1) is 10.2. The van der Waals surface area contributed by atoms with Crippen LogP contribution in [0.15, 0.2) is 23.8 Å². The van der Waals surface area contributed by atoms with Crippen LogP contribution < -0.4 is 9.47 Å². The Morgan fingerprint density at radius 3 is 3.00 bits per heavy atom. The Balaban J connectivity index is 1.65. The molecule has 0 saturated carbocycles. The largest absolute Gasteiger partial charge is 0.454 e. The van der Waals surface area contributed by atoms with E-state index in [1.165, 1.54) is 16.7 Å². The van der Waals surface area contributed by atoms with E-state index in [2.05, 4.69) is 17.0 Å². The van der Waals surface area contributed by atoms with E-state index < -0.39 is 12.2 Å². The number of ether oxygens (including phenoxy) is 2. The van der Waals surface area contributed by atoms with Crippen LogP contribution in [0.5, 0.6) is 11.5 Å². The van der Waals surface area contributed by atoms with E-state index in [4.69, 9.17) is 9.47 Å². The van der Waals surface area contributed by atoms with Gasteiger partial charge in [0.1, 0.15) is 0 Å². The molecule has 1 fully saturated rings. The van der Waals surface area contributed by atoms with Crippen LogP contribution in [-0.2, 0) is 6.54 Å². The van der Waals surface area contributed by atoms with E-state index in [1.807, 2.05) is 6.07 Å². The zero-order chi connectivity index (χ0) is 14.1. The molecule has 1 aromatic rings. The average Bonchev–Trinajstić information content (AvgIpc) is 3.07. The Morgan fingerprint density at radius 2 is 2.10 bits per heavy atom. The number of nitrogens with zero attached hydrogens (tertiary/aromatic N) is 1. The van der Waals surface area contributed by atoms with Gasteiger partial charge in [0, 0.05) is 24.6 Å². The molecule has 0 radical (unpaired) electrons. The zero-order valence-electron chi connectivity index (χ0n) is 11.5. The van der Waals surface area contributed by atoms with Crippen LogP contribution >= 0.6 is 0 Å². The number of hydrogen-bond acceptors (Lipinski definition) is 5. The summed E-state index contributed by atoms with van der Waals surface area (Å²) in [5.74, 6) is 1.97. The second kappa shape index (κ2) is 4.00. The van der Waals surface area contributed by atoms with Gasteiger partial charge in [-0.25, -0.2) is 0 Å². The van der Waals surface area contributed by atoms with Crippen molar-refractivity contribution in [3.8, 4) is 11.5 Å². The fraction of sp³-hybridized carbons (Fsp3) is 0.500. The fourth-order valence-corrected chi connectivity index (χ4v) is 4.33. The first kappa shape index (κ1) is 12.0. The van der Waals surface area contributed by atoms with Gasteiger partial charge < -0.3 is 19.7 Å². The van der Waals surface area contributed by atoms with Gasteiger partial charge in [0.2, 0.25) is 6.79 Å². The van der Waals surface area contributed by atoms with Crippen molar-refractivity contribution in [1.82, 2.24) is 4.90 Å². The Bertz CT molecular complexity index is 656. The first-order valence-electron chi connectivity index (χ1n) is 7.45. The molecule has 0 amide bonds. The van der Waals surface area contributed by atoms with Crippen LogP contribution in [0, 0.1) is 0 Å². The lowest BCUT2D eigenvalue weighted by Crippen LogP contribution is -2.47. The molecule has 0 spiro atoms. The van der Waals surface area contributed by atoms with Gasteiger partial charge in [-0.3, -0.25) is 4.90 Å². The van der Waals surface area contributed by atoms with E-state index in [1.54, 1.807) is 0 Å². The molecule has 5 rings (SSSR count). The third-order valence-electron chi connectivity index (χ3n) is 5.28. The molecule has 4 aliphatic rings. The minimum absolute atomic E-state index is 0.0656. The second-order valence-electron chi connectivity index (χ2n) is 6.29. The van der Waals surface area contributed by atoms with Gasteiger partial charge in [0.05, 0.1) is 18.2 Å². The van der Waals surface area contributed by atoms with Gasteiger partial charge in [0.15, 0.2) is 11.5 Å². The smallest absolute Gasteiger partial charge is 0.231 e. The van der Waals surface area contributed by atoms with Gasteiger partial charge in [0.25, 0.3) is 0 Å². The molecule has 2 bridgehead atoms. The molecule has 5 atom stereocenters. The molecule has 5 unspecified atom stereocenters. The Labute approximate surface area is 122 Å². The summed E-state index contributed by atoms with van der Waals surface area (Å²) < 4.78 is 11.1. The van der Waals surface area contributed by atoms with Crippen molar-refractivity contribution in [2.45, 2.75) is 37.1 Å². The van der Waals surface area contributed by atoms with Gasteiger partial charge in [-0.05, 0) is 23.6 Å². The minimum Gasteiger partial charge on any atom is -0.454 e. The molecule has 21 heavy (non-hydrogen) atoms. The van der Waals surface area contributed by atoms with E-state index in [9.17, 15) is 10.2 Å². The summed E-state index contributed by atoms with van der Waals surface area (Å²) in [6, 6.07) is 4.05. The quantitative estimate of drug-likeness (QED) is 0.690. The number of rotatable bonds is 0. The third kappa shape index (κ3) is 1.46. The maximum atomic E-state index is 10.4. The highest BCUT2D eigenvalue weighted by Crippen LogP contribution is 2.51. The number of fused-ring (bicyclic) bond motifs is 9. The monoisotopic (exact) mass is 287 g/mol. The fourth-order valence-electron chi connectivity index (χ4n) is 4.33. The molecule has 5 heteroatoms. The lowest BCUT2D eigenvalue weighted by Gasteiger charge is -2.34. The predicted molar refractivity (Wildman–Crippen MR) is 74.2 cm³/mol. The summed E-state index contributed by atoms with van der Waals surface area (Å²) in [5.41, 5.74) is 3.72. The van der Waals surface area contributed by atoms with E-state index in [0.717, 1.165) is 24.6 Å². The summed E-state index contributed by atoms with van der Waals surface area (Å²) in [4.78, 5) is 2.26. The molecule has 1 aliphatic carbocycles. The molecule has 2 N–H and O–H groups in total. The highest BCUT2D eigenvalue weighted by atomic mass is 16.7. The van der Waals surface area contributed by atoms with E-state index >= 15 is 0 Å². The maximum absolute atomic E-state index is 10.4. The normalized spacial score (nSPS) is 38.8. The molecule has 3 aliphatic heterocycles. The standard InChI is InChI=1S/C16H17NO4/c18-12-3-1-9-10-5-17(14(9)15(12)19)6-11-8(10)2-4-13-16(11)21-7-20-13/h1-2,4,10,12,14-15,18-19H,3,5-7H2. The highest BCUT2D eigenvalue weighted by molar-refractivity contribution is 5.57. The minimum atomic E-state index is -0.700. The van der Waals surface area contributed by atoms with Crippen LogP contribution in [0.25, 0.3) is 0 Å². The molecule has 1 aromatic carbocycles. The summed E-state index contributed by atoms with van der Waals surface area (Å²) >= 11 is 0. The van der Waals surface area contributed by atoms with Crippen molar-refractivity contribution >= 4 is 0 Å². The van der Waals surface area contributed by atoms with Gasteiger partial charge in [-0.2, -0.15) is 0 Å². The Hall–Kier alpha value is -1.56. The van der Waals surface area contributed by atoms with Gasteiger partial charge in [-0.15, -0.1) is 0 Å². The SMILES string of the molecule is OC1CC=C2C3CN(Cc4c3ccc3c4OCO3)C2C1O. The van der Waals surface area contributed by atoms with Crippen molar-refractivity contribution < 1.29 is 19.7 Å². The summed E-state index contributed by atoms with van der Waals surface area (Å²) in [7, 11) is 0. The molecule has 0 aromatic heterocycles. The highest BCUT2D eigenvalue weighted by Gasteiger charge is 2.49. The molecule has 3 heterocycles. The van der Waals surface area contributed by atoms with Crippen molar-refractivity contribution in [2.24, 2.45) is 0 Å². The molecule has 5 nitrogen and oxygen atoms in total. The predicted octanol–water partition coefficient (Wildman–Crippen LogP) is 0.749. The van der Waals surface area contributed by atoms with Crippen LogP contribution in [-0.4, -0.2) is 46.7 Å².